The minimum absolute atomic E-state index is 0. The largest absolute Gasteiger partial charge is 0.370 e. The third-order valence-electron chi connectivity index (χ3n) is 4.80. The van der Waals surface area contributed by atoms with Crippen LogP contribution in [0, 0.1) is 13.8 Å². The van der Waals surface area contributed by atoms with Crippen LogP contribution < -0.4 is 11.1 Å². The summed E-state index contributed by atoms with van der Waals surface area (Å²) < 4.78 is 0. The molecule has 0 saturated heterocycles. The fourth-order valence-corrected chi connectivity index (χ4v) is 3.47. The highest BCUT2D eigenvalue weighted by molar-refractivity contribution is 14.0. The highest BCUT2D eigenvalue weighted by Gasteiger charge is 2.20. The summed E-state index contributed by atoms with van der Waals surface area (Å²) in [6.45, 7) is 9.17. The van der Waals surface area contributed by atoms with Crippen molar-refractivity contribution in [1.29, 1.82) is 0 Å². The fraction of sp³-hybridized carbons (Fsp3) is 0.381. The molecule has 0 fully saturated rings. The molecule has 0 saturated carbocycles. The van der Waals surface area contributed by atoms with Crippen LogP contribution in [0.4, 0.5) is 5.69 Å². The van der Waals surface area contributed by atoms with Crippen LogP contribution in [-0.2, 0) is 13.0 Å². The van der Waals surface area contributed by atoms with Crippen molar-refractivity contribution in [3.63, 3.8) is 0 Å². The van der Waals surface area contributed by atoms with Crippen molar-refractivity contribution >= 4 is 35.6 Å². The zero-order chi connectivity index (χ0) is 17.8. The lowest BCUT2D eigenvalue weighted by Gasteiger charge is -2.33. The molecule has 0 radical (unpaired) electrons. The van der Waals surface area contributed by atoms with Crippen LogP contribution in [0.3, 0.4) is 0 Å². The Hall–Kier alpha value is -1.60. The summed E-state index contributed by atoms with van der Waals surface area (Å²) in [4.78, 5) is 7.03. The number of nitrogens with one attached hydrogen (secondary N) is 1. The molecule has 0 amide bonds. The summed E-state index contributed by atoms with van der Waals surface area (Å²) in [7, 11) is 0. The number of guanidine groups is 1. The van der Waals surface area contributed by atoms with E-state index in [-0.39, 0.29) is 24.0 Å². The number of hydrogen-bond donors (Lipinski definition) is 2. The second-order valence-electron chi connectivity index (χ2n) is 7.07. The first-order valence-corrected chi connectivity index (χ1v) is 8.97. The maximum Gasteiger partial charge on any atom is 0.193 e. The Balaban J connectivity index is 0.00000243. The predicted octanol–water partition coefficient (Wildman–Crippen LogP) is 4.09. The number of aryl methyl sites for hydroxylation is 2. The SMILES string of the molecule is Cc1cc(C)cc(NC(N)=NCC(C)N2CCc3ccccc3C2)c1.I. The maximum atomic E-state index is 6.08. The topological polar surface area (TPSA) is 53.6 Å². The number of nitrogens with two attached hydrogens (primary N) is 1. The van der Waals surface area contributed by atoms with Crippen molar-refractivity contribution in [3.8, 4) is 0 Å². The normalized spacial score (nSPS) is 15.7. The Morgan fingerprint density at radius 3 is 2.50 bits per heavy atom. The molecule has 1 unspecified atom stereocenters. The monoisotopic (exact) mass is 464 g/mol. The van der Waals surface area contributed by atoms with Crippen LogP contribution in [-0.4, -0.2) is 30.0 Å². The average molecular weight is 464 g/mol. The van der Waals surface area contributed by atoms with Gasteiger partial charge in [-0.1, -0.05) is 30.3 Å². The number of halogens is 1. The van der Waals surface area contributed by atoms with E-state index in [2.05, 4.69) is 78.4 Å². The van der Waals surface area contributed by atoms with Crippen LogP contribution >= 0.6 is 24.0 Å². The number of fused-ring (bicyclic) bond motifs is 1. The van der Waals surface area contributed by atoms with E-state index in [4.69, 9.17) is 5.73 Å². The number of benzene rings is 2. The Morgan fingerprint density at radius 1 is 1.15 bits per heavy atom. The summed E-state index contributed by atoms with van der Waals surface area (Å²) in [5.74, 6) is 0.481. The van der Waals surface area contributed by atoms with Gasteiger partial charge in [0.2, 0.25) is 0 Å². The second kappa shape index (κ2) is 9.37. The van der Waals surface area contributed by atoms with Gasteiger partial charge in [0.05, 0.1) is 6.54 Å². The van der Waals surface area contributed by atoms with Crippen molar-refractivity contribution in [1.82, 2.24) is 4.90 Å². The van der Waals surface area contributed by atoms with Crippen molar-refractivity contribution < 1.29 is 0 Å². The zero-order valence-corrected chi connectivity index (χ0v) is 18.2. The van der Waals surface area contributed by atoms with Crippen LogP contribution in [0.25, 0.3) is 0 Å². The number of hydrogen-bond acceptors (Lipinski definition) is 2. The maximum absolute atomic E-state index is 6.08. The molecule has 4 nitrogen and oxygen atoms in total. The molecule has 0 aliphatic carbocycles. The Morgan fingerprint density at radius 2 is 1.81 bits per heavy atom. The van der Waals surface area contributed by atoms with Gasteiger partial charge in [-0.3, -0.25) is 9.89 Å². The lowest BCUT2D eigenvalue weighted by Crippen LogP contribution is -2.39. The van der Waals surface area contributed by atoms with Gasteiger partial charge in [0.25, 0.3) is 0 Å². The Labute approximate surface area is 173 Å². The average Bonchev–Trinajstić information content (AvgIpc) is 2.58. The van der Waals surface area contributed by atoms with E-state index in [0.717, 1.165) is 25.2 Å². The molecule has 3 rings (SSSR count). The highest BCUT2D eigenvalue weighted by atomic mass is 127. The van der Waals surface area contributed by atoms with Gasteiger partial charge in [0.1, 0.15) is 0 Å². The smallest absolute Gasteiger partial charge is 0.193 e. The van der Waals surface area contributed by atoms with Gasteiger partial charge in [-0.25, -0.2) is 0 Å². The molecule has 0 bridgehead atoms. The van der Waals surface area contributed by atoms with Gasteiger partial charge >= 0.3 is 0 Å². The molecular weight excluding hydrogens is 435 g/mol. The molecule has 0 spiro atoms. The van der Waals surface area contributed by atoms with Crippen molar-refractivity contribution in [3.05, 3.63) is 64.7 Å². The first-order valence-electron chi connectivity index (χ1n) is 8.97. The molecule has 2 aromatic rings. The van der Waals surface area contributed by atoms with E-state index in [0.29, 0.717) is 18.5 Å². The number of aliphatic imine (C=N–C) groups is 1. The summed E-state index contributed by atoms with van der Waals surface area (Å²) in [5, 5.41) is 3.21. The molecular formula is C21H29IN4. The van der Waals surface area contributed by atoms with Crippen LogP contribution in [0.2, 0.25) is 0 Å². The first kappa shape index (κ1) is 20.7. The van der Waals surface area contributed by atoms with Crippen molar-refractivity contribution in [2.45, 2.75) is 39.8 Å². The van der Waals surface area contributed by atoms with Crippen molar-refractivity contribution in [2.75, 3.05) is 18.4 Å². The molecule has 140 valence electrons. The van der Waals surface area contributed by atoms with Crippen molar-refractivity contribution in [2.24, 2.45) is 10.7 Å². The van der Waals surface area contributed by atoms with Gasteiger partial charge in [-0.05, 0) is 61.6 Å². The first-order chi connectivity index (χ1) is 12.0. The Bertz CT molecular complexity index is 752. The van der Waals surface area contributed by atoms with Gasteiger partial charge < -0.3 is 11.1 Å². The molecule has 5 heteroatoms. The Kier molecular flexibility index (Phi) is 7.46. The van der Waals surface area contributed by atoms with Crippen LogP contribution in [0.1, 0.15) is 29.2 Å². The van der Waals surface area contributed by atoms with E-state index in [1.807, 2.05) is 0 Å². The zero-order valence-electron chi connectivity index (χ0n) is 15.8. The summed E-state index contributed by atoms with van der Waals surface area (Å²) in [5.41, 5.74) is 12.4. The number of rotatable bonds is 4. The van der Waals surface area contributed by atoms with E-state index >= 15 is 0 Å². The van der Waals surface area contributed by atoms with E-state index < -0.39 is 0 Å². The molecule has 26 heavy (non-hydrogen) atoms. The molecule has 2 aromatic carbocycles. The standard InChI is InChI=1S/C21H28N4.HI/c1-15-10-16(2)12-20(11-15)24-21(22)23-13-17(3)25-9-8-18-6-4-5-7-19(18)14-25;/h4-7,10-12,17H,8-9,13-14H2,1-3H3,(H3,22,23,24);1H. The summed E-state index contributed by atoms with van der Waals surface area (Å²) >= 11 is 0. The van der Waals surface area contributed by atoms with E-state index in [1.54, 1.807) is 0 Å². The van der Waals surface area contributed by atoms with Crippen LogP contribution in [0.5, 0.6) is 0 Å². The molecule has 1 atom stereocenters. The minimum Gasteiger partial charge on any atom is -0.370 e. The number of anilines is 1. The molecule has 1 aliphatic heterocycles. The van der Waals surface area contributed by atoms with E-state index in [9.17, 15) is 0 Å². The van der Waals surface area contributed by atoms with Gasteiger partial charge in [0, 0.05) is 24.8 Å². The fourth-order valence-electron chi connectivity index (χ4n) is 3.47. The predicted molar refractivity (Wildman–Crippen MR) is 121 cm³/mol. The third-order valence-corrected chi connectivity index (χ3v) is 4.80. The number of nitrogens with zero attached hydrogens (tertiary/aromatic N) is 2. The van der Waals surface area contributed by atoms with Gasteiger partial charge in [0.15, 0.2) is 5.96 Å². The highest BCUT2D eigenvalue weighted by Crippen LogP contribution is 2.20. The van der Waals surface area contributed by atoms with Gasteiger partial charge in [-0.2, -0.15) is 0 Å². The summed E-state index contributed by atoms with van der Waals surface area (Å²) in [6, 6.07) is 15.4. The third kappa shape index (κ3) is 5.45. The molecule has 1 aliphatic rings. The second-order valence-corrected chi connectivity index (χ2v) is 7.07. The molecule has 3 N–H and O–H groups in total. The lowest BCUT2D eigenvalue weighted by atomic mass is 9.99. The van der Waals surface area contributed by atoms with Gasteiger partial charge in [-0.15, -0.1) is 24.0 Å². The lowest BCUT2D eigenvalue weighted by molar-refractivity contribution is 0.195. The summed E-state index contributed by atoms with van der Waals surface area (Å²) in [6.07, 6.45) is 1.11. The molecule has 0 aromatic heterocycles. The van der Waals surface area contributed by atoms with E-state index in [1.165, 1.54) is 22.3 Å². The molecule has 1 heterocycles. The van der Waals surface area contributed by atoms with Crippen LogP contribution in [0.15, 0.2) is 47.5 Å². The minimum atomic E-state index is 0. The quantitative estimate of drug-likeness (QED) is 0.407.